The van der Waals surface area contributed by atoms with E-state index in [-0.39, 0.29) is 18.9 Å². The lowest BCUT2D eigenvalue weighted by atomic mass is 9.92. The van der Waals surface area contributed by atoms with E-state index < -0.39 is 23.9 Å². The molecule has 3 N–H and O–H groups in total. The van der Waals surface area contributed by atoms with Gasteiger partial charge < -0.3 is 15.6 Å². The van der Waals surface area contributed by atoms with Crippen LogP contribution in [-0.4, -0.2) is 29.7 Å². The monoisotopic (exact) mass is 426 g/mol. The number of hydrogen-bond donors (Lipinski definition) is 2. The van der Waals surface area contributed by atoms with Gasteiger partial charge in [0.25, 0.3) is 0 Å². The summed E-state index contributed by atoms with van der Waals surface area (Å²) in [7, 11) is 0. The van der Waals surface area contributed by atoms with E-state index in [1.54, 1.807) is 24.3 Å². The van der Waals surface area contributed by atoms with Crippen LogP contribution < -0.4 is 5.73 Å². The van der Waals surface area contributed by atoms with E-state index in [4.69, 9.17) is 10.5 Å². The molecule has 0 fully saturated rings. The van der Waals surface area contributed by atoms with Crippen LogP contribution in [0.5, 0.6) is 0 Å². The molecule has 3 aromatic carbocycles. The Morgan fingerprint density at radius 1 is 0.969 bits per heavy atom. The van der Waals surface area contributed by atoms with Gasteiger partial charge in [0.05, 0.1) is 11.6 Å². The molecule has 0 amide bonds. The molecule has 0 saturated carbocycles. The van der Waals surface area contributed by atoms with Crippen molar-refractivity contribution in [1.29, 1.82) is 5.26 Å². The summed E-state index contributed by atoms with van der Waals surface area (Å²) in [5.74, 6) is -3.92. The Balaban J connectivity index is 1.51. The van der Waals surface area contributed by atoms with Gasteiger partial charge >= 0.3 is 11.9 Å². The maximum atomic E-state index is 12.8. The number of carboxylic acids is 1. The lowest BCUT2D eigenvalue weighted by Gasteiger charge is -2.21. The van der Waals surface area contributed by atoms with Gasteiger partial charge in [0.2, 0.25) is 0 Å². The average Bonchev–Trinajstić information content (AvgIpc) is 3.11. The van der Waals surface area contributed by atoms with Crippen molar-refractivity contribution in [2.45, 2.75) is 18.4 Å². The van der Waals surface area contributed by atoms with Crippen LogP contribution >= 0.6 is 0 Å². The quantitative estimate of drug-likeness (QED) is 0.442. The van der Waals surface area contributed by atoms with E-state index in [0.29, 0.717) is 11.1 Å². The Morgan fingerprint density at radius 3 is 2.12 bits per heavy atom. The molecule has 1 aliphatic carbocycles. The van der Waals surface area contributed by atoms with Gasteiger partial charge in [-0.15, -0.1) is 0 Å². The summed E-state index contributed by atoms with van der Waals surface area (Å²) in [5, 5.41) is 18.9. The van der Waals surface area contributed by atoms with Gasteiger partial charge in [-0.1, -0.05) is 66.7 Å². The number of fused-ring (bicyclic) bond motifs is 3. The molecule has 0 aliphatic heterocycles. The summed E-state index contributed by atoms with van der Waals surface area (Å²) < 4.78 is 5.51. The second-order valence-corrected chi connectivity index (χ2v) is 7.81. The van der Waals surface area contributed by atoms with Gasteiger partial charge in [-0.2, -0.15) is 5.26 Å². The minimum absolute atomic E-state index is 0.0259. The highest BCUT2D eigenvalue weighted by Gasteiger charge is 2.36. The first-order chi connectivity index (χ1) is 15.5. The summed E-state index contributed by atoms with van der Waals surface area (Å²) in [5.41, 5.74) is 11.4. The standard InChI is InChI=1S/C26H22N2O4/c27-14-17-8-2-1-7-16(17)13-23(28)24(25(29)30)26(31)32-15-22-20-11-5-3-9-18(20)19-10-4-6-12-21(19)22/h1-12,22-24H,13,15,28H2,(H,29,30)/t23-,24+/m0/s1. The van der Waals surface area contributed by atoms with Gasteiger partial charge in [0, 0.05) is 12.0 Å². The number of nitrogens with zero attached hydrogens (tertiary/aromatic N) is 1. The summed E-state index contributed by atoms with van der Waals surface area (Å²) >= 11 is 0. The zero-order valence-corrected chi connectivity index (χ0v) is 17.3. The van der Waals surface area contributed by atoms with Crippen molar-refractivity contribution in [3.05, 3.63) is 95.1 Å². The molecule has 0 heterocycles. The number of rotatable bonds is 7. The van der Waals surface area contributed by atoms with Gasteiger partial charge in [-0.05, 0) is 40.3 Å². The SMILES string of the molecule is N#Cc1ccccc1C[C@H](N)[C@H](C(=O)O)C(=O)OCC1c2ccccc2-c2ccccc21. The van der Waals surface area contributed by atoms with Crippen LogP contribution in [-0.2, 0) is 20.7 Å². The third-order valence-corrected chi connectivity index (χ3v) is 5.90. The molecule has 0 saturated heterocycles. The topological polar surface area (TPSA) is 113 Å². The molecular weight excluding hydrogens is 404 g/mol. The summed E-state index contributed by atoms with van der Waals surface area (Å²) in [4.78, 5) is 24.7. The largest absolute Gasteiger partial charge is 0.481 e. The molecular formula is C26H22N2O4. The van der Waals surface area contributed by atoms with Crippen LogP contribution in [0, 0.1) is 17.2 Å². The lowest BCUT2D eigenvalue weighted by molar-refractivity contribution is -0.159. The minimum atomic E-state index is -1.53. The van der Waals surface area contributed by atoms with E-state index in [1.165, 1.54) is 0 Å². The third-order valence-electron chi connectivity index (χ3n) is 5.90. The predicted octanol–water partition coefficient (Wildman–Crippen LogP) is 3.48. The van der Waals surface area contributed by atoms with Crippen LogP contribution in [0.15, 0.2) is 72.8 Å². The Morgan fingerprint density at radius 2 is 1.53 bits per heavy atom. The van der Waals surface area contributed by atoms with Crippen molar-refractivity contribution >= 4 is 11.9 Å². The Hall–Kier alpha value is -3.95. The third kappa shape index (κ3) is 3.98. The molecule has 6 nitrogen and oxygen atoms in total. The minimum Gasteiger partial charge on any atom is -0.481 e. The van der Waals surface area contributed by atoms with Crippen LogP contribution in [0.1, 0.15) is 28.2 Å². The van der Waals surface area contributed by atoms with Crippen LogP contribution in [0.3, 0.4) is 0 Å². The van der Waals surface area contributed by atoms with E-state index in [2.05, 4.69) is 6.07 Å². The van der Waals surface area contributed by atoms with Crippen LogP contribution in [0.25, 0.3) is 11.1 Å². The van der Waals surface area contributed by atoms with E-state index in [1.807, 2.05) is 48.5 Å². The molecule has 0 spiro atoms. The fourth-order valence-electron chi connectivity index (χ4n) is 4.33. The number of carboxylic acid groups (broad SMARTS) is 1. The number of ether oxygens (including phenoxy) is 1. The van der Waals surface area contributed by atoms with Crippen molar-refractivity contribution in [3.63, 3.8) is 0 Å². The highest BCUT2D eigenvalue weighted by atomic mass is 16.5. The highest BCUT2D eigenvalue weighted by Crippen LogP contribution is 2.44. The molecule has 4 rings (SSSR count). The van der Waals surface area contributed by atoms with Gasteiger partial charge in [0.15, 0.2) is 5.92 Å². The van der Waals surface area contributed by atoms with Crippen molar-refractivity contribution in [1.82, 2.24) is 0 Å². The summed E-state index contributed by atoms with van der Waals surface area (Å²) in [6.07, 6.45) is 0.0743. The average molecular weight is 426 g/mol. The number of esters is 1. The summed E-state index contributed by atoms with van der Waals surface area (Å²) in [6, 6.07) is 23.6. The Kier molecular flexibility index (Phi) is 6.02. The lowest BCUT2D eigenvalue weighted by Crippen LogP contribution is -2.43. The highest BCUT2D eigenvalue weighted by molar-refractivity contribution is 5.95. The van der Waals surface area contributed by atoms with E-state index in [9.17, 15) is 20.0 Å². The van der Waals surface area contributed by atoms with Crippen molar-refractivity contribution < 1.29 is 19.4 Å². The van der Waals surface area contributed by atoms with Crippen LogP contribution in [0.4, 0.5) is 0 Å². The zero-order chi connectivity index (χ0) is 22.7. The fourth-order valence-corrected chi connectivity index (χ4v) is 4.33. The zero-order valence-electron chi connectivity index (χ0n) is 17.3. The Labute approximate surface area is 185 Å². The number of hydrogen-bond acceptors (Lipinski definition) is 5. The smallest absolute Gasteiger partial charge is 0.321 e. The fraction of sp³-hybridized carbons (Fsp3) is 0.192. The van der Waals surface area contributed by atoms with Gasteiger partial charge in [-0.25, -0.2) is 0 Å². The summed E-state index contributed by atoms with van der Waals surface area (Å²) in [6.45, 7) is 0.0259. The molecule has 0 aromatic heterocycles. The number of carbonyl (C=O) groups excluding carboxylic acids is 1. The molecule has 1 aliphatic rings. The maximum Gasteiger partial charge on any atom is 0.321 e. The predicted molar refractivity (Wildman–Crippen MR) is 119 cm³/mol. The van der Waals surface area contributed by atoms with E-state index >= 15 is 0 Å². The second-order valence-electron chi connectivity index (χ2n) is 7.81. The number of nitriles is 1. The molecule has 0 bridgehead atoms. The molecule has 3 aromatic rings. The molecule has 32 heavy (non-hydrogen) atoms. The molecule has 6 heteroatoms. The van der Waals surface area contributed by atoms with Crippen molar-refractivity contribution in [2.24, 2.45) is 11.7 Å². The number of carbonyl (C=O) groups is 2. The first-order valence-electron chi connectivity index (χ1n) is 10.3. The van der Waals surface area contributed by atoms with Gasteiger partial charge in [-0.3, -0.25) is 9.59 Å². The van der Waals surface area contributed by atoms with E-state index in [0.717, 1.165) is 22.3 Å². The first-order valence-corrected chi connectivity index (χ1v) is 10.3. The molecule has 0 radical (unpaired) electrons. The molecule has 160 valence electrons. The van der Waals surface area contributed by atoms with Crippen LogP contribution in [0.2, 0.25) is 0 Å². The first kappa shape index (κ1) is 21.3. The molecule has 0 unspecified atom stereocenters. The second kappa shape index (κ2) is 9.04. The maximum absolute atomic E-state index is 12.8. The Bertz CT molecular complexity index is 1170. The normalized spacial score (nSPS) is 14.0. The number of nitrogens with two attached hydrogens (primary N) is 1. The number of benzene rings is 3. The molecule has 2 atom stereocenters. The van der Waals surface area contributed by atoms with Gasteiger partial charge in [0.1, 0.15) is 6.61 Å². The van der Waals surface area contributed by atoms with Crippen molar-refractivity contribution in [3.8, 4) is 17.2 Å². The van der Waals surface area contributed by atoms with Crippen molar-refractivity contribution in [2.75, 3.05) is 6.61 Å². The number of aliphatic carboxylic acids is 1.